The molecule has 0 aromatic heterocycles. The minimum absolute atomic E-state index is 0.160. The highest BCUT2D eigenvalue weighted by Crippen LogP contribution is 2.32. The Balaban J connectivity index is 2.18. The molecule has 0 spiro atoms. The number of nitrogens with zero attached hydrogens (tertiary/aromatic N) is 1. The fraction of sp³-hybridized carbons (Fsp3) is 0.417. The first-order valence-electron chi connectivity index (χ1n) is 5.37. The number of carbonyl (C=O) groups is 1. The van der Waals surface area contributed by atoms with Crippen LogP contribution in [0.2, 0.25) is 0 Å². The van der Waals surface area contributed by atoms with Gasteiger partial charge in [-0.25, -0.2) is 0 Å². The van der Waals surface area contributed by atoms with Gasteiger partial charge in [-0.1, -0.05) is 6.07 Å². The van der Waals surface area contributed by atoms with Crippen molar-refractivity contribution in [2.75, 3.05) is 24.6 Å². The number of benzene rings is 1. The molecule has 0 atom stereocenters. The summed E-state index contributed by atoms with van der Waals surface area (Å²) in [6.07, 6.45) is 0.160. The minimum atomic E-state index is -0.763. The van der Waals surface area contributed by atoms with Gasteiger partial charge in [-0.15, -0.1) is 0 Å². The van der Waals surface area contributed by atoms with Crippen molar-refractivity contribution in [1.82, 2.24) is 0 Å². The number of hydrogen-bond donors (Lipinski definition) is 1. The van der Waals surface area contributed by atoms with Crippen molar-refractivity contribution >= 4 is 11.7 Å². The monoisotopic (exact) mass is 221 g/mol. The zero-order valence-electron chi connectivity index (χ0n) is 9.27. The maximum Gasteiger partial charge on any atom is 0.305 e. The third-order valence-electron chi connectivity index (χ3n) is 2.67. The lowest BCUT2D eigenvalue weighted by Gasteiger charge is -2.31. The van der Waals surface area contributed by atoms with Gasteiger partial charge in [-0.3, -0.25) is 4.79 Å². The van der Waals surface area contributed by atoms with Gasteiger partial charge in [-0.05, 0) is 24.6 Å². The summed E-state index contributed by atoms with van der Waals surface area (Å²) < 4.78 is 5.53. The molecule has 0 saturated carbocycles. The quantitative estimate of drug-likeness (QED) is 0.843. The number of fused-ring (bicyclic) bond motifs is 1. The number of hydrogen-bond acceptors (Lipinski definition) is 3. The maximum atomic E-state index is 10.6. The molecule has 16 heavy (non-hydrogen) atoms. The lowest BCUT2D eigenvalue weighted by molar-refractivity contribution is -0.136. The number of aryl methyl sites for hydroxylation is 1. The van der Waals surface area contributed by atoms with E-state index in [0.717, 1.165) is 23.5 Å². The number of aliphatic carboxylic acids is 1. The molecule has 0 bridgehead atoms. The zero-order chi connectivity index (χ0) is 11.5. The van der Waals surface area contributed by atoms with E-state index in [1.807, 2.05) is 25.1 Å². The summed E-state index contributed by atoms with van der Waals surface area (Å²) in [7, 11) is 0. The van der Waals surface area contributed by atoms with Gasteiger partial charge in [0, 0.05) is 6.54 Å². The van der Waals surface area contributed by atoms with Crippen LogP contribution >= 0.6 is 0 Å². The standard InChI is InChI=1S/C12H15NO3/c1-9-2-3-11-10(8-9)13(6-7-16-11)5-4-12(14)15/h2-3,8H,4-7H2,1H3,(H,14,15). The van der Waals surface area contributed by atoms with Crippen LogP contribution in [-0.2, 0) is 4.79 Å². The Bertz CT molecular complexity index is 403. The van der Waals surface area contributed by atoms with Crippen molar-refractivity contribution in [3.05, 3.63) is 23.8 Å². The molecule has 1 aliphatic heterocycles. The van der Waals surface area contributed by atoms with Crippen LogP contribution in [0.15, 0.2) is 18.2 Å². The third kappa shape index (κ3) is 2.27. The first kappa shape index (κ1) is 10.8. The SMILES string of the molecule is Cc1ccc2c(c1)N(CCC(=O)O)CCO2. The summed E-state index contributed by atoms with van der Waals surface area (Å²) in [5.74, 6) is 0.0860. The van der Waals surface area contributed by atoms with Crippen molar-refractivity contribution in [1.29, 1.82) is 0 Å². The van der Waals surface area contributed by atoms with Crippen LogP contribution < -0.4 is 9.64 Å². The molecule has 1 aromatic carbocycles. The van der Waals surface area contributed by atoms with E-state index >= 15 is 0 Å². The van der Waals surface area contributed by atoms with Gasteiger partial charge in [0.2, 0.25) is 0 Å². The fourth-order valence-corrected chi connectivity index (χ4v) is 1.85. The zero-order valence-corrected chi connectivity index (χ0v) is 9.27. The molecule has 1 heterocycles. The second-order valence-electron chi connectivity index (χ2n) is 3.95. The minimum Gasteiger partial charge on any atom is -0.490 e. The second-order valence-corrected chi connectivity index (χ2v) is 3.95. The molecule has 0 unspecified atom stereocenters. The van der Waals surface area contributed by atoms with E-state index in [0.29, 0.717) is 13.2 Å². The topological polar surface area (TPSA) is 49.8 Å². The highest BCUT2D eigenvalue weighted by molar-refractivity contribution is 5.68. The van der Waals surface area contributed by atoms with E-state index in [1.54, 1.807) is 0 Å². The molecule has 0 saturated heterocycles. The van der Waals surface area contributed by atoms with Gasteiger partial charge in [-0.2, -0.15) is 0 Å². The fourth-order valence-electron chi connectivity index (χ4n) is 1.85. The van der Waals surface area contributed by atoms with Gasteiger partial charge in [0.15, 0.2) is 0 Å². The summed E-state index contributed by atoms with van der Waals surface area (Å²) in [6.45, 7) is 3.93. The number of anilines is 1. The van der Waals surface area contributed by atoms with E-state index in [1.165, 1.54) is 0 Å². The van der Waals surface area contributed by atoms with E-state index in [2.05, 4.69) is 4.90 Å². The highest BCUT2D eigenvalue weighted by Gasteiger charge is 2.18. The van der Waals surface area contributed by atoms with E-state index in [4.69, 9.17) is 9.84 Å². The lowest BCUT2D eigenvalue weighted by atomic mass is 10.1. The summed E-state index contributed by atoms with van der Waals surface area (Å²) in [4.78, 5) is 12.6. The van der Waals surface area contributed by atoms with Gasteiger partial charge >= 0.3 is 5.97 Å². The van der Waals surface area contributed by atoms with Crippen molar-refractivity contribution < 1.29 is 14.6 Å². The molecule has 1 N–H and O–H groups in total. The predicted molar refractivity (Wildman–Crippen MR) is 61.1 cm³/mol. The molecule has 0 amide bonds. The van der Waals surface area contributed by atoms with Gasteiger partial charge in [0.1, 0.15) is 12.4 Å². The molecular weight excluding hydrogens is 206 g/mol. The van der Waals surface area contributed by atoms with Crippen LogP contribution in [-0.4, -0.2) is 30.8 Å². The molecule has 1 aliphatic rings. The molecule has 4 heteroatoms. The average Bonchev–Trinajstić information content (AvgIpc) is 2.26. The molecule has 0 fully saturated rings. The molecular formula is C12H15NO3. The number of ether oxygens (including phenoxy) is 1. The first-order chi connectivity index (χ1) is 7.66. The van der Waals surface area contributed by atoms with E-state index in [9.17, 15) is 4.79 Å². The van der Waals surface area contributed by atoms with Crippen LogP contribution in [0.25, 0.3) is 0 Å². The Morgan fingerprint density at radius 1 is 1.56 bits per heavy atom. The first-order valence-corrected chi connectivity index (χ1v) is 5.37. The molecule has 0 aliphatic carbocycles. The number of carboxylic acid groups (broad SMARTS) is 1. The van der Waals surface area contributed by atoms with E-state index < -0.39 is 5.97 Å². The lowest BCUT2D eigenvalue weighted by Crippen LogP contribution is -2.34. The van der Waals surface area contributed by atoms with Crippen molar-refractivity contribution in [2.45, 2.75) is 13.3 Å². The van der Waals surface area contributed by atoms with Crippen molar-refractivity contribution in [3.8, 4) is 5.75 Å². The number of carboxylic acids is 1. The van der Waals surface area contributed by atoms with Crippen LogP contribution in [0.3, 0.4) is 0 Å². The summed E-state index contributed by atoms with van der Waals surface area (Å²) in [5.41, 5.74) is 2.16. The van der Waals surface area contributed by atoms with Crippen LogP contribution in [0.1, 0.15) is 12.0 Å². The third-order valence-corrected chi connectivity index (χ3v) is 2.67. The Kier molecular flexibility index (Phi) is 2.99. The van der Waals surface area contributed by atoms with Gasteiger partial charge < -0.3 is 14.7 Å². The maximum absolute atomic E-state index is 10.6. The Hall–Kier alpha value is -1.71. The van der Waals surface area contributed by atoms with Crippen molar-refractivity contribution in [3.63, 3.8) is 0 Å². The van der Waals surface area contributed by atoms with Gasteiger partial charge in [0.05, 0.1) is 18.7 Å². The molecule has 86 valence electrons. The van der Waals surface area contributed by atoms with E-state index in [-0.39, 0.29) is 6.42 Å². The van der Waals surface area contributed by atoms with Crippen LogP contribution in [0, 0.1) is 6.92 Å². The predicted octanol–water partition coefficient (Wildman–Crippen LogP) is 1.67. The van der Waals surface area contributed by atoms with Crippen molar-refractivity contribution in [2.24, 2.45) is 0 Å². The molecule has 4 nitrogen and oxygen atoms in total. The second kappa shape index (κ2) is 4.43. The average molecular weight is 221 g/mol. The summed E-state index contributed by atoms with van der Waals surface area (Å²) in [5, 5.41) is 8.69. The van der Waals surface area contributed by atoms with Crippen LogP contribution in [0.4, 0.5) is 5.69 Å². The van der Waals surface area contributed by atoms with Crippen LogP contribution in [0.5, 0.6) is 5.75 Å². The molecule has 1 aromatic rings. The Labute approximate surface area is 94.4 Å². The Morgan fingerprint density at radius 3 is 3.12 bits per heavy atom. The summed E-state index contributed by atoms with van der Waals surface area (Å²) in [6, 6.07) is 5.98. The highest BCUT2D eigenvalue weighted by atomic mass is 16.5. The molecule has 0 radical (unpaired) electrons. The number of rotatable bonds is 3. The largest absolute Gasteiger partial charge is 0.490 e. The van der Waals surface area contributed by atoms with Gasteiger partial charge in [0.25, 0.3) is 0 Å². The Morgan fingerprint density at radius 2 is 2.38 bits per heavy atom. The molecule has 2 rings (SSSR count). The summed E-state index contributed by atoms with van der Waals surface area (Å²) >= 11 is 0. The normalized spacial score (nSPS) is 14.2. The smallest absolute Gasteiger partial charge is 0.305 e.